The van der Waals surface area contributed by atoms with E-state index < -0.39 is 0 Å². The van der Waals surface area contributed by atoms with Crippen molar-refractivity contribution in [1.82, 2.24) is 14.5 Å². The monoisotopic (exact) mass is 348 g/mol. The van der Waals surface area contributed by atoms with Gasteiger partial charge in [-0.15, -0.1) is 0 Å². The molecule has 0 fully saturated rings. The molecule has 2 N–H and O–H groups in total. The van der Waals surface area contributed by atoms with Crippen LogP contribution in [0.5, 0.6) is 0 Å². The highest BCUT2D eigenvalue weighted by Crippen LogP contribution is 2.30. The number of benzene rings is 1. The van der Waals surface area contributed by atoms with E-state index in [9.17, 15) is 0 Å². The quantitative estimate of drug-likeness (QED) is 0.762. The smallest absolute Gasteiger partial charge is 0.0997 e. The van der Waals surface area contributed by atoms with Crippen LogP contribution in [0.3, 0.4) is 0 Å². The van der Waals surface area contributed by atoms with Gasteiger partial charge in [-0.05, 0) is 40.2 Å². The summed E-state index contributed by atoms with van der Waals surface area (Å²) in [5.41, 5.74) is 9.33. The zero-order valence-electron chi connectivity index (χ0n) is 10.3. The lowest BCUT2D eigenvalue weighted by Crippen LogP contribution is -1.98. The van der Waals surface area contributed by atoms with Crippen LogP contribution in [-0.2, 0) is 0 Å². The van der Waals surface area contributed by atoms with Gasteiger partial charge in [0.2, 0.25) is 0 Å². The Hall–Kier alpha value is -1.85. The molecular formula is C14H10BrClN4. The number of anilines is 1. The topological polar surface area (TPSA) is 56.7 Å². The zero-order valence-corrected chi connectivity index (χ0v) is 12.6. The van der Waals surface area contributed by atoms with E-state index in [0.717, 1.165) is 21.4 Å². The van der Waals surface area contributed by atoms with Crippen LogP contribution in [0.1, 0.15) is 0 Å². The summed E-state index contributed by atoms with van der Waals surface area (Å²) in [5.74, 6) is 0. The molecule has 3 rings (SSSR count). The van der Waals surface area contributed by atoms with Gasteiger partial charge in [0.15, 0.2) is 0 Å². The Morgan fingerprint density at radius 1 is 1.15 bits per heavy atom. The highest BCUT2D eigenvalue weighted by atomic mass is 79.9. The predicted octanol–water partition coefficient (Wildman–Crippen LogP) is 3.93. The molecule has 100 valence electrons. The van der Waals surface area contributed by atoms with Crippen LogP contribution in [0.15, 0.2) is 53.7 Å². The lowest BCUT2D eigenvalue weighted by Gasteiger charge is -2.10. The van der Waals surface area contributed by atoms with Crippen molar-refractivity contribution in [2.45, 2.75) is 0 Å². The standard InChI is InChI=1S/C14H10BrClN4/c15-11-5-9(1-2-12(11)16)20-8-19-7-14(20)10-6-18-4-3-13(10)17/h1-8H,(H2,17,18). The second kappa shape index (κ2) is 5.26. The summed E-state index contributed by atoms with van der Waals surface area (Å²) >= 11 is 9.45. The maximum absolute atomic E-state index is 6.02. The van der Waals surface area contributed by atoms with E-state index in [1.54, 1.807) is 31.0 Å². The number of nitrogens with zero attached hydrogens (tertiary/aromatic N) is 3. The minimum Gasteiger partial charge on any atom is -0.398 e. The zero-order chi connectivity index (χ0) is 14.1. The molecule has 0 bridgehead atoms. The van der Waals surface area contributed by atoms with Crippen LogP contribution in [0.4, 0.5) is 5.69 Å². The molecule has 3 aromatic rings. The summed E-state index contributed by atoms with van der Waals surface area (Å²) < 4.78 is 2.77. The fourth-order valence-corrected chi connectivity index (χ4v) is 2.44. The molecule has 0 unspecified atom stereocenters. The number of rotatable bonds is 2. The molecule has 2 heterocycles. The normalized spacial score (nSPS) is 10.7. The second-order valence-electron chi connectivity index (χ2n) is 4.21. The Bertz CT molecular complexity index is 769. The van der Waals surface area contributed by atoms with Gasteiger partial charge >= 0.3 is 0 Å². The molecule has 0 saturated heterocycles. The highest BCUT2D eigenvalue weighted by molar-refractivity contribution is 9.10. The summed E-state index contributed by atoms with van der Waals surface area (Å²) in [6.07, 6.45) is 6.89. The number of hydrogen-bond donors (Lipinski definition) is 1. The van der Waals surface area contributed by atoms with Gasteiger partial charge in [0.25, 0.3) is 0 Å². The van der Waals surface area contributed by atoms with Gasteiger partial charge in [-0.1, -0.05) is 11.6 Å². The van der Waals surface area contributed by atoms with Crippen LogP contribution >= 0.6 is 27.5 Å². The molecule has 0 spiro atoms. The summed E-state index contributed by atoms with van der Waals surface area (Å²) in [4.78, 5) is 8.32. The first-order valence-corrected chi connectivity index (χ1v) is 7.01. The van der Waals surface area contributed by atoms with E-state index in [1.807, 2.05) is 22.8 Å². The first-order valence-electron chi connectivity index (χ1n) is 5.84. The van der Waals surface area contributed by atoms with Crippen molar-refractivity contribution in [3.05, 3.63) is 58.7 Å². The molecule has 0 saturated carbocycles. The Morgan fingerprint density at radius 2 is 2.00 bits per heavy atom. The van der Waals surface area contributed by atoms with Gasteiger partial charge in [-0.2, -0.15) is 0 Å². The van der Waals surface area contributed by atoms with E-state index in [0.29, 0.717) is 10.7 Å². The molecule has 4 nitrogen and oxygen atoms in total. The van der Waals surface area contributed by atoms with E-state index in [1.165, 1.54) is 0 Å². The fourth-order valence-electron chi connectivity index (χ4n) is 1.95. The molecule has 20 heavy (non-hydrogen) atoms. The number of imidazole rings is 1. The van der Waals surface area contributed by atoms with Crippen LogP contribution in [0, 0.1) is 0 Å². The van der Waals surface area contributed by atoms with Gasteiger partial charge < -0.3 is 5.73 Å². The second-order valence-corrected chi connectivity index (χ2v) is 5.47. The predicted molar refractivity (Wildman–Crippen MR) is 83.9 cm³/mol. The van der Waals surface area contributed by atoms with Crippen LogP contribution in [-0.4, -0.2) is 14.5 Å². The minimum absolute atomic E-state index is 0.662. The van der Waals surface area contributed by atoms with Gasteiger partial charge in [0.1, 0.15) is 0 Å². The molecule has 0 atom stereocenters. The molecule has 2 aromatic heterocycles. The number of pyridine rings is 1. The van der Waals surface area contributed by atoms with E-state index in [-0.39, 0.29) is 0 Å². The summed E-state index contributed by atoms with van der Waals surface area (Å²) in [6.45, 7) is 0. The van der Waals surface area contributed by atoms with Crippen LogP contribution in [0.25, 0.3) is 16.9 Å². The molecule has 0 aliphatic heterocycles. The van der Waals surface area contributed by atoms with Crippen molar-refractivity contribution in [1.29, 1.82) is 0 Å². The van der Waals surface area contributed by atoms with Crippen LogP contribution < -0.4 is 5.73 Å². The Kier molecular flexibility index (Phi) is 3.46. The molecule has 1 aromatic carbocycles. The van der Waals surface area contributed by atoms with E-state index in [4.69, 9.17) is 17.3 Å². The molecule has 0 aliphatic carbocycles. The first-order chi connectivity index (χ1) is 9.66. The van der Waals surface area contributed by atoms with E-state index in [2.05, 4.69) is 25.9 Å². The maximum Gasteiger partial charge on any atom is 0.0997 e. The largest absolute Gasteiger partial charge is 0.398 e. The Balaban J connectivity index is 2.15. The molecule has 0 radical (unpaired) electrons. The van der Waals surface area contributed by atoms with Gasteiger partial charge in [-0.3, -0.25) is 9.55 Å². The van der Waals surface area contributed by atoms with Crippen molar-refractivity contribution >= 4 is 33.2 Å². The van der Waals surface area contributed by atoms with Crippen molar-refractivity contribution < 1.29 is 0 Å². The van der Waals surface area contributed by atoms with Gasteiger partial charge in [0, 0.05) is 33.8 Å². The SMILES string of the molecule is Nc1ccncc1-c1cncn1-c1ccc(Cl)c(Br)c1. The minimum atomic E-state index is 0.662. The lowest BCUT2D eigenvalue weighted by molar-refractivity contribution is 1.06. The third kappa shape index (κ3) is 2.30. The summed E-state index contributed by atoms with van der Waals surface area (Å²) in [7, 11) is 0. The van der Waals surface area contributed by atoms with Crippen LogP contribution in [0.2, 0.25) is 5.02 Å². The number of aromatic nitrogens is 3. The average molecular weight is 350 g/mol. The highest BCUT2D eigenvalue weighted by Gasteiger charge is 2.10. The lowest BCUT2D eigenvalue weighted by atomic mass is 10.2. The molecular weight excluding hydrogens is 340 g/mol. The van der Waals surface area contributed by atoms with Crippen molar-refractivity contribution in [3.8, 4) is 16.9 Å². The number of halogens is 2. The Labute approximate surface area is 129 Å². The fraction of sp³-hybridized carbons (Fsp3) is 0. The van der Waals surface area contributed by atoms with Crippen molar-refractivity contribution in [3.63, 3.8) is 0 Å². The molecule has 6 heteroatoms. The third-order valence-corrected chi connectivity index (χ3v) is 4.16. The van der Waals surface area contributed by atoms with Crippen molar-refractivity contribution in [2.75, 3.05) is 5.73 Å². The van der Waals surface area contributed by atoms with Crippen molar-refractivity contribution in [2.24, 2.45) is 0 Å². The maximum atomic E-state index is 6.02. The third-order valence-electron chi connectivity index (χ3n) is 2.95. The molecule has 0 aliphatic rings. The number of nitrogens with two attached hydrogens (primary N) is 1. The first kappa shape index (κ1) is 13.1. The van der Waals surface area contributed by atoms with Gasteiger partial charge in [-0.25, -0.2) is 4.98 Å². The number of hydrogen-bond acceptors (Lipinski definition) is 3. The Morgan fingerprint density at radius 3 is 2.75 bits per heavy atom. The summed E-state index contributed by atoms with van der Waals surface area (Å²) in [5, 5.41) is 0.663. The molecule has 0 amide bonds. The summed E-state index contributed by atoms with van der Waals surface area (Å²) in [6, 6.07) is 7.45. The number of nitrogen functional groups attached to an aromatic ring is 1. The van der Waals surface area contributed by atoms with Gasteiger partial charge in [0.05, 0.1) is 23.2 Å². The average Bonchev–Trinajstić information content (AvgIpc) is 2.91. The van der Waals surface area contributed by atoms with E-state index >= 15 is 0 Å².